The lowest BCUT2D eigenvalue weighted by atomic mass is 9.52. The van der Waals surface area contributed by atoms with Crippen molar-refractivity contribution >= 4 is 5.78 Å². The standard InChI is InChI=1S/C18H28O3/c1-10-8-14(19)18-9-12(18)4-6-17(11(2)15(10)20)7-5-13(21-3)16(17)18/h10-14,16,19H,4-9H2,1-3H3/t10-,11-,12-,13+,14+,16?,17?,18-/m0/s1. The Kier molecular flexibility index (Phi) is 2.92. The van der Waals surface area contributed by atoms with Crippen molar-refractivity contribution in [1.82, 2.24) is 0 Å². The molecule has 2 unspecified atom stereocenters. The number of methoxy groups -OCH3 is 1. The van der Waals surface area contributed by atoms with Crippen LogP contribution in [0.2, 0.25) is 0 Å². The molecule has 4 saturated carbocycles. The maximum atomic E-state index is 12.8. The van der Waals surface area contributed by atoms with E-state index in [9.17, 15) is 9.90 Å². The number of carbonyl (C=O) groups is 1. The molecule has 3 heteroatoms. The molecule has 0 radical (unpaired) electrons. The number of hydrogen-bond donors (Lipinski definition) is 1. The average Bonchev–Trinajstić information content (AvgIpc) is 3.11. The lowest BCUT2D eigenvalue weighted by Gasteiger charge is -2.52. The average molecular weight is 292 g/mol. The number of hydrogen-bond acceptors (Lipinski definition) is 3. The molecule has 0 aliphatic heterocycles. The van der Waals surface area contributed by atoms with Crippen LogP contribution in [0.25, 0.3) is 0 Å². The highest BCUT2D eigenvalue weighted by Crippen LogP contribution is 2.77. The van der Waals surface area contributed by atoms with Crippen LogP contribution in [-0.2, 0) is 9.53 Å². The molecule has 4 fully saturated rings. The van der Waals surface area contributed by atoms with Crippen LogP contribution in [0.1, 0.15) is 52.4 Å². The zero-order chi connectivity index (χ0) is 15.0. The van der Waals surface area contributed by atoms with Gasteiger partial charge in [-0.3, -0.25) is 4.79 Å². The molecule has 4 aliphatic carbocycles. The molecule has 0 saturated heterocycles. The van der Waals surface area contributed by atoms with Crippen molar-refractivity contribution in [1.29, 1.82) is 0 Å². The van der Waals surface area contributed by atoms with Gasteiger partial charge in [0.05, 0.1) is 12.2 Å². The Hall–Kier alpha value is -0.410. The van der Waals surface area contributed by atoms with E-state index in [2.05, 4.69) is 6.92 Å². The summed E-state index contributed by atoms with van der Waals surface area (Å²) in [7, 11) is 1.81. The molecule has 21 heavy (non-hydrogen) atoms. The van der Waals surface area contributed by atoms with Crippen LogP contribution < -0.4 is 0 Å². The molecule has 1 N–H and O–H groups in total. The molecule has 2 bridgehead atoms. The molecular formula is C18H28O3. The Balaban J connectivity index is 1.85. The number of carbonyl (C=O) groups excluding carboxylic acids is 1. The van der Waals surface area contributed by atoms with Gasteiger partial charge in [-0.05, 0) is 55.8 Å². The van der Waals surface area contributed by atoms with Gasteiger partial charge in [-0.2, -0.15) is 0 Å². The Labute approximate surface area is 127 Å². The molecular weight excluding hydrogens is 264 g/mol. The molecule has 8 atom stereocenters. The zero-order valence-corrected chi connectivity index (χ0v) is 13.5. The van der Waals surface area contributed by atoms with E-state index < -0.39 is 0 Å². The molecule has 4 aliphatic rings. The highest BCUT2D eigenvalue weighted by atomic mass is 16.5. The zero-order valence-electron chi connectivity index (χ0n) is 13.5. The molecule has 0 aromatic heterocycles. The van der Waals surface area contributed by atoms with Crippen LogP contribution in [0.3, 0.4) is 0 Å². The largest absolute Gasteiger partial charge is 0.393 e. The SMILES string of the molecule is CO[C@@H]1CCC23CC[C@H]4C[C@@]4(C12)[C@H](O)C[C@H](C)C(=O)[C@@H]3C. The van der Waals surface area contributed by atoms with Gasteiger partial charge in [0.1, 0.15) is 5.78 Å². The Morgan fingerprint density at radius 3 is 2.67 bits per heavy atom. The number of ether oxygens (including phenoxy) is 1. The first-order chi connectivity index (χ1) is 9.97. The summed E-state index contributed by atoms with van der Waals surface area (Å²) < 4.78 is 5.84. The van der Waals surface area contributed by atoms with Crippen LogP contribution in [-0.4, -0.2) is 30.2 Å². The van der Waals surface area contributed by atoms with Crippen LogP contribution in [0.15, 0.2) is 0 Å². The second-order valence-corrected chi connectivity index (χ2v) is 8.35. The van der Waals surface area contributed by atoms with Gasteiger partial charge >= 0.3 is 0 Å². The van der Waals surface area contributed by atoms with Crippen molar-refractivity contribution in [3.63, 3.8) is 0 Å². The fourth-order valence-corrected chi connectivity index (χ4v) is 6.78. The molecule has 0 heterocycles. The lowest BCUT2D eigenvalue weighted by Crippen LogP contribution is -2.54. The summed E-state index contributed by atoms with van der Waals surface area (Å²) in [6.07, 6.45) is 6.29. The number of aliphatic hydroxyl groups excluding tert-OH is 1. The molecule has 1 spiro atoms. The van der Waals surface area contributed by atoms with Crippen molar-refractivity contribution in [2.24, 2.45) is 34.5 Å². The third-order valence-electron chi connectivity index (χ3n) is 7.90. The van der Waals surface area contributed by atoms with E-state index in [1.54, 1.807) is 0 Å². The first kappa shape index (κ1) is 14.2. The number of ketones is 1. The lowest BCUT2D eigenvalue weighted by molar-refractivity contribution is -0.150. The van der Waals surface area contributed by atoms with E-state index >= 15 is 0 Å². The first-order valence-electron chi connectivity index (χ1n) is 8.72. The maximum absolute atomic E-state index is 12.8. The van der Waals surface area contributed by atoms with Gasteiger partial charge < -0.3 is 9.84 Å². The van der Waals surface area contributed by atoms with Gasteiger partial charge in [-0.1, -0.05) is 13.8 Å². The van der Waals surface area contributed by atoms with E-state index in [1.807, 2.05) is 14.0 Å². The minimum absolute atomic E-state index is 0.00523. The molecule has 0 aromatic rings. The summed E-state index contributed by atoms with van der Waals surface area (Å²) in [5.41, 5.74) is 0.166. The molecule has 0 amide bonds. The van der Waals surface area contributed by atoms with Crippen LogP contribution in [0.4, 0.5) is 0 Å². The van der Waals surface area contributed by atoms with Gasteiger partial charge in [-0.25, -0.2) is 0 Å². The van der Waals surface area contributed by atoms with Crippen molar-refractivity contribution in [2.45, 2.75) is 64.6 Å². The van der Waals surface area contributed by atoms with E-state index in [4.69, 9.17) is 4.74 Å². The third kappa shape index (κ3) is 1.55. The minimum Gasteiger partial charge on any atom is -0.393 e. The van der Waals surface area contributed by atoms with Crippen LogP contribution in [0, 0.1) is 34.5 Å². The van der Waals surface area contributed by atoms with Gasteiger partial charge in [-0.15, -0.1) is 0 Å². The fourth-order valence-electron chi connectivity index (χ4n) is 6.78. The normalized spacial score (nSPS) is 59.0. The van der Waals surface area contributed by atoms with Crippen molar-refractivity contribution < 1.29 is 14.6 Å². The maximum Gasteiger partial charge on any atom is 0.139 e. The summed E-state index contributed by atoms with van der Waals surface area (Å²) in [6, 6.07) is 0. The van der Waals surface area contributed by atoms with Crippen LogP contribution >= 0.6 is 0 Å². The van der Waals surface area contributed by atoms with Gasteiger partial charge in [0, 0.05) is 24.4 Å². The highest BCUT2D eigenvalue weighted by Gasteiger charge is 2.75. The molecule has 3 nitrogen and oxygen atoms in total. The predicted octanol–water partition coefficient (Wildman–Crippen LogP) is 2.80. The number of Topliss-reactive ketones (excluding diaryl/α,β-unsaturated/α-hetero) is 1. The summed E-state index contributed by atoms with van der Waals surface area (Å²) in [5, 5.41) is 11.0. The van der Waals surface area contributed by atoms with Crippen molar-refractivity contribution in [3.05, 3.63) is 0 Å². The smallest absolute Gasteiger partial charge is 0.139 e. The third-order valence-corrected chi connectivity index (χ3v) is 7.90. The number of aliphatic hydroxyl groups is 1. The molecule has 4 rings (SSSR count). The second kappa shape index (κ2) is 4.32. The summed E-state index contributed by atoms with van der Waals surface area (Å²) >= 11 is 0. The van der Waals surface area contributed by atoms with Gasteiger partial charge in [0.15, 0.2) is 0 Å². The second-order valence-electron chi connectivity index (χ2n) is 8.35. The first-order valence-corrected chi connectivity index (χ1v) is 8.72. The highest BCUT2D eigenvalue weighted by molar-refractivity contribution is 5.84. The quantitative estimate of drug-likeness (QED) is 0.808. The Bertz CT molecular complexity index is 475. The Morgan fingerprint density at radius 2 is 1.95 bits per heavy atom. The summed E-state index contributed by atoms with van der Waals surface area (Å²) in [6.45, 7) is 4.18. The van der Waals surface area contributed by atoms with E-state index in [-0.39, 0.29) is 34.9 Å². The summed E-state index contributed by atoms with van der Waals surface area (Å²) in [4.78, 5) is 12.8. The van der Waals surface area contributed by atoms with E-state index in [0.29, 0.717) is 24.0 Å². The van der Waals surface area contributed by atoms with Crippen LogP contribution in [0.5, 0.6) is 0 Å². The molecule has 118 valence electrons. The van der Waals surface area contributed by atoms with Crippen molar-refractivity contribution in [2.75, 3.05) is 7.11 Å². The number of rotatable bonds is 1. The van der Waals surface area contributed by atoms with Crippen molar-refractivity contribution in [3.8, 4) is 0 Å². The van der Waals surface area contributed by atoms with Gasteiger partial charge in [0.25, 0.3) is 0 Å². The monoisotopic (exact) mass is 292 g/mol. The Morgan fingerprint density at radius 1 is 1.24 bits per heavy atom. The predicted molar refractivity (Wildman–Crippen MR) is 79.7 cm³/mol. The van der Waals surface area contributed by atoms with Gasteiger partial charge in [0.2, 0.25) is 0 Å². The van der Waals surface area contributed by atoms with E-state index in [1.165, 1.54) is 6.42 Å². The minimum atomic E-state index is -0.311. The fraction of sp³-hybridized carbons (Fsp3) is 0.944. The summed E-state index contributed by atoms with van der Waals surface area (Å²) in [5.74, 6) is 1.59. The molecule has 0 aromatic carbocycles. The van der Waals surface area contributed by atoms with E-state index in [0.717, 1.165) is 25.7 Å². The topological polar surface area (TPSA) is 46.5 Å².